The van der Waals surface area contributed by atoms with Gasteiger partial charge in [0.05, 0.1) is 0 Å². The molecule has 0 radical (unpaired) electrons. The largest absolute Gasteiger partial charge is 0.444 e. The Morgan fingerprint density at radius 2 is 1.95 bits per heavy atom. The number of anilines is 1. The minimum absolute atomic E-state index is 0.391. The third-order valence-electron chi connectivity index (χ3n) is 2.40. The zero-order chi connectivity index (χ0) is 14.3. The van der Waals surface area contributed by atoms with Gasteiger partial charge in [0.1, 0.15) is 5.60 Å². The maximum atomic E-state index is 11.6. The minimum Gasteiger partial charge on any atom is -0.444 e. The highest BCUT2D eigenvalue weighted by molar-refractivity contribution is 5.68. The van der Waals surface area contributed by atoms with Gasteiger partial charge in [-0.1, -0.05) is 25.1 Å². The minimum atomic E-state index is -0.468. The first-order chi connectivity index (χ1) is 8.92. The molecule has 0 heterocycles. The molecule has 0 unspecified atom stereocenters. The monoisotopic (exact) mass is 264 g/mol. The highest BCUT2D eigenvalue weighted by Gasteiger charge is 2.15. The van der Waals surface area contributed by atoms with Crippen molar-refractivity contribution in [2.45, 2.75) is 46.3 Å². The van der Waals surface area contributed by atoms with E-state index in [0.29, 0.717) is 6.54 Å². The fourth-order valence-electron chi connectivity index (χ4n) is 1.59. The first-order valence-corrected chi connectivity index (χ1v) is 6.71. The lowest BCUT2D eigenvalue weighted by Crippen LogP contribution is -2.32. The number of benzene rings is 1. The summed E-state index contributed by atoms with van der Waals surface area (Å²) in [6, 6.07) is 7.95. The van der Waals surface area contributed by atoms with Gasteiger partial charge < -0.3 is 15.4 Å². The van der Waals surface area contributed by atoms with Crippen LogP contribution in [-0.2, 0) is 11.3 Å². The lowest BCUT2D eigenvalue weighted by Gasteiger charge is -2.20. The zero-order valence-corrected chi connectivity index (χ0v) is 12.2. The van der Waals surface area contributed by atoms with Gasteiger partial charge in [0.2, 0.25) is 0 Å². The average molecular weight is 264 g/mol. The number of carbonyl (C=O) groups excluding carboxylic acids is 1. The number of nitrogens with one attached hydrogen (secondary N) is 2. The second-order valence-electron chi connectivity index (χ2n) is 5.44. The van der Waals surface area contributed by atoms with E-state index >= 15 is 0 Å². The van der Waals surface area contributed by atoms with Crippen LogP contribution in [0.5, 0.6) is 0 Å². The number of rotatable bonds is 5. The predicted octanol–water partition coefficient (Wildman–Crippen LogP) is 3.53. The molecule has 1 rings (SSSR count). The molecule has 4 nitrogen and oxygen atoms in total. The number of amides is 1. The van der Waals surface area contributed by atoms with Gasteiger partial charge in [-0.15, -0.1) is 0 Å². The Morgan fingerprint density at radius 3 is 2.58 bits per heavy atom. The summed E-state index contributed by atoms with van der Waals surface area (Å²) >= 11 is 0. The van der Waals surface area contributed by atoms with E-state index in [2.05, 4.69) is 17.6 Å². The first-order valence-electron chi connectivity index (χ1n) is 6.71. The van der Waals surface area contributed by atoms with E-state index in [1.807, 2.05) is 45.0 Å². The topological polar surface area (TPSA) is 50.4 Å². The van der Waals surface area contributed by atoms with E-state index < -0.39 is 11.7 Å². The lowest BCUT2D eigenvalue weighted by atomic mass is 10.1. The molecule has 0 atom stereocenters. The molecule has 1 aromatic carbocycles. The molecule has 4 heteroatoms. The van der Waals surface area contributed by atoms with Crippen LogP contribution in [0.4, 0.5) is 10.5 Å². The van der Waals surface area contributed by atoms with Gasteiger partial charge in [0, 0.05) is 18.8 Å². The number of para-hydroxylation sites is 1. The van der Waals surface area contributed by atoms with Crippen LogP contribution in [0.1, 0.15) is 39.7 Å². The van der Waals surface area contributed by atoms with Crippen molar-refractivity contribution >= 4 is 11.8 Å². The molecule has 19 heavy (non-hydrogen) atoms. The average Bonchev–Trinajstić information content (AvgIpc) is 2.32. The molecule has 0 spiro atoms. The third kappa shape index (κ3) is 6.13. The SMILES string of the molecule is CCCNc1ccccc1CNC(=O)OC(C)(C)C. The quantitative estimate of drug-likeness (QED) is 0.855. The van der Waals surface area contributed by atoms with Crippen molar-refractivity contribution < 1.29 is 9.53 Å². The Morgan fingerprint density at radius 1 is 1.26 bits per heavy atom. The number of carbonyl (C=O) groups is 1. The van der Waals surface area contributed by atoms with Crippen LogP contribution in [0, 0.1) is 0 Å². The van der Waals surface area contributed by atoms with Gasteiger partial charge in [0.25, 0.3) is 0 Å². The zero-order valence-electron chi connectivity index (χ0n) is 12.2. The third-order valence-corrected chi connectivity index (χ3v) is 2.40. The number of hydrogen-bond acceptors (Lipinski definition) is 3. The Balaban J connectivity index is 2.55. The Bertz CT molecular complexity index is 411. The maximum Gasteiger partial charge on any atom is 0.407 e. The molecular formula is C15H24N2O2. The maximum absolute atomic E-state index is 11.6. The van der Waals surface area contributed by atoms with E-state index in [-0.39, 0.29) is 0 Å². The van der Waals surface area contributed by atoms with E-state index in [9.17, 15) is 4.79 Å². The summed E-state index contributed by atoms with van der Waals surface area (Å²) in [5.74, 6) is 0. The standard InChI is InChI=1S/C15H24N2O2/c1-5-10-16-13-9-7-6-8-12(13)11-17-14(18)19-15(2,3)4/h6-9,16H,5,10-11H2,1-4H3,(H,17,18). The van der Waals surface area contributed by atoms with Crippen molar-refractivity contribution in [3.05, 3.63) is 29.8 Å². The van der Waals surface area contributed by atoms with Crippen LogP contribution in [-0.4, -0.2) is 18.2 Å². The number of hydrogen-bond donors (Lipinski definition) is 2. The van der Waals surface area contributed by atoms with Crippen LogP contribution < -0.4 is 10.6 Å². The van der Waals surface area contributed by atoms with Crippen molar-refractivity contribution in [2.24, 2.45) is 0 Å². The van der Waals surface area contributed by atoms with Gasteiger partial charge in [0.15, 0.2) is 0 Å². The van der Waals surface area contributed by atoms with Gasteiger partial charge in [-0.25, -0.2) is 4.79 Å². The van der Waals surface area contributed by atoms with E-state index in [0.717, 1.165) is 24.2 Å². The summed E-state index contributed by atoms with van der Waals surface area (Å²) in [5, 5.41) is 6.11. The predicted molar refractivity (Wildman–Crippen MR) is 78.3 cm³/mol. The molecule has 0 aromatic heterocycles. The van der Waals surface area contributed by atoms with Crippen LogP contribution in [0.2, 0.25) is 0 Å². The number of alkyl carbamates (subject to hydrolysis) is 1. The van der Waals surface area contributed by atoms with Gasteiger partial charge in [-0.05, 0) is 38.8 Å². The van der Waals surface area contributed by atoms with Crippen molar-refractivity contribution in [3.8, 4) is 0 Å². The highest BCUT2D eigenvalue weighted by Crippen LogP contribution is 2.15. The normalized spacial score (nSPS) is 10.9. The molecule has 1 amide bonds. The van der Waals surface area contributed by atoms with E-state index in [1.165, 1.54) is 0 Å². The fraction of sp³-hybridized carbons (Fsp3) is 0.533. The van der Waals surface area contributed by atoms with Crippen LogP contribution >= 0.6 is 0 Å². The molecule has 0 saturated heterocycles. The highest BCUT2D eigenvalue weighted by atomic mass is 16.6. The van der Waals surface area contributed by atoms with Gasteiger partial charge in [-0.3, -0.25) is 0 Å². The Hall–Kier alpha value is -1.71. The molecule has 1 aromatic rings. The Labute approximate surface area is 115 Å². The van der Waals surface area contributed by atoms with Gasteiger partial charge >= 0.3 is 6.09 Å². The van der Waals surface area contributed by atoms with Crippen LogP contribution in [0.25, 0.3) is 0 Å². The summed E-state index contributed by atoms with van der Waals surface area (Å²) < 4.78 is 5.21. The summed E-state index contributed by atoms with van der Waals surface area (Å²) in [7, 11) is 0. The lowest BCUT2D eigenvalue weighted by molar-refractivity contribution is 0.0523. The molecule has 0 fully saturated rings. The molecule has 106 valence electrons. The molecule has 0 aliphatic carbocycles. The van der Waals surface area contributed by atoms with Crippen LogP contribution in [0.3, 0.4) is 0 Å². The second-order valence-corrected chi connectivity index (χ2v) is 5.44. The molecular weight excluding hydrogens is 240 g/mol. The Kier molecular flexibility index (Phi) is 5.67. The fourth-order valence-corrected chi connectivity index (χ4v) is 1.59. The molecule has 2 N–H and O–H groups in total. The smallest absolute Gasteiger partial charge is 0.407 e. The van der Waals surface area contributed by atoms with Gasteiger partial charge in [-0.2, -0.15) is 0 Å². The summed E-state index contributed by atoms with van der Waals surface area (Å²) in [5.41, 5.74) is 1.64. The van der Waals surface area contributed by atoms with E-state index in [1.54, 1.807) is 0 Å². The van der Waals surface area contributed by atoms with Crippen molar-refractivity contribution in [3.63, 3.8) is 0 Å². The summed E-state index contributed by atoms with van der Waals surface area (Å²) in [6.45, 7) is 9.05. The summed E-state index contributed by atoms with van der Waals surface area (Å²) in [6.07, 6.45) is 0.672. The summed E-state index contributed by atoms with van der Waals surface area (Å²) in [4.78, 5) is 11.6. The van der Waals surface area contributed by atoms with Crippen molar-refractivity contribution in [1.29, 1.82) is 0 Å². The number of ether oxygens (including phenoxy) is 1. The molecule has 0 aliphatic heterocycles. The molecule has 0 aliphatic rings. The first kappa shape index (κ1) is 15.3. The van der Waals surface area contributed by atoms with Crippen LogP contribution in [0.15, 0.2) is 24.3 Å². The second kappa shape index (κ2) is 7.02. The molecule has 0 saturated carbocycles. The van der Waals surface area contributed by atoms with Crippen molar-refractivity contribution in [2.75, 3.05) is 11.9 Å². The molecule has 0 bridgehead atoms. The van der Waals surface area contributed by atoms with E-state index in [4.69, 9.17) is 4.74 Å². The van der Waals surface area contributed by atoms with Crippen molar-refractivity contribution in [1.82, 2.24) is 5.32 Å².